The van der Waals surface area contributed by atoms with Crippen molar-refractivity contribution in [1.82, 2.24) is 15.3 Å². The molecule has 7 nitrogen and oxygen atoms in total. The first-order valence-corrected chi connectivity index (χ1v) is 9.95. The van der Waals surface area contributed by atoms with Gasteiger partial charge in [-0.2, -0.15) is 5.26 Å². The Morgan fingerprint density at radius 1 is 1.27 bits per heavy atom. The Hall–Kier alpha value is -3.21. The molecule has 0 spiro atoms. The number of carbonyl (C=O) groups excluding carboxylic acids is 1. The number of nitrogens with zero attached hydrogens (tertiary/aromatic N) is 4. The molecule has 1 aliphatic rings. The molecule has 3 rings (SSSR count). The molecule has 1 amide bonds. The van der Waals surface area contributed by atoms with E-state index in [4.69, 9.17) is 10.00 Å². The van der Waals surface area contributed by atoms with Crippen LogP contribution < -0.4 is 10.2 Å². The van der Waals surface area contributed by atoms with Gasteiger partial charge in [-0.25, -0.2) is 19.2 Å². The largest absolute Gasteiger partial charge is 0.444 e. The molecule has 1 aliphatic heterocycles. The van der Waals surface area contributed by atoms with Crippen molar-refractivity contribution in [2.24, 2.45) is 0 Å². The van der Waals surface area contributed by atoms with Crippen molar-refractivity contribution in [3.8, 4) is 17.3 Å². The first-order valence-electron chi connectivity index (χ1n) is 9.95. The molecule has 0 aliphatic carbocycles. The third kappa shape index (κ3) is 5.44. The number of aryl methyl sites for hydroxylation is 1. The van der Waals surface area contributed by atoms with Gasteiger partial charge in [0.1, 0.15) is 17.5 Å². The summed E-state index contributed by atoms with van der Waals surface area (Å²) in [4.78, 5) is 23.2. The molecular weight excluding hydrogens is 385 g/mol. The van der Waals surface area contributed by atoms with Crippen LogP contribution in [0.15, 0.2) is 24.3 Å². The fraction of sp³-hybridized carbons (Fsp3) is 0.455. The van der Waals surface area contributed by atoms with E-state index in [0.717, 1.165) is 18.5 Å². The maximum atomic E-state index is 14.0. The summed E-state index contributed by atoms with van der Waals surface area (Å²) in [5, 5.41) is 11.8. The monoisotopic (exact) mass is 411 g/mol. The molecule has 0 radical (unpaired) electrons. The van der Waals surface area contributed by atoms with E-state index in [-0.39, 0.29) is 11.6 Å². The van der Waals surface area contributed by atoms with Crippen LogP contribution in [-0.4, -0.2) is 40.8 Å². The SMILES string of the molecule is Cc1cc(-c2ccc(C#N)c(F)c2)nc(N2CCC(NC(=O)OC(C)(C)C)CC2)n1. The number of aromatic nitrogens is 2. The average Bonchev–Trinajstić information content (AvgIpc) is 2.66. The second-order valence-corrected chi connectivity index (χ2v) is 8.41. The molecule has 1 fully saturated rings. The predicted octanol–water partition coefficient (Wildman–Crippen LogP) is 3.96. The molecule has 0 saturated carbocycles. The number of nitrogens with one attached hydrogen (secondary N) is 1. The van der Waals surface area contributed by atoms with E-state index in [1.165, 1.54) is 12.1 Å². The van der Waals surface area contributed by atoms with Gasteiger partial charge < -0.3 is 15.0 Å². The van der Waals surface area contributed by atoms with E-state index in [1.54, 1.807) is 12.1 Å². The first-order chi connectivity index (χ1) is 14.1. The van der Waals surface area contributed by atoms with Crippen molar-refractivity contribution < 1.29 is 13.9 Å². The van der Waals surface area contributed by atoms with Crippen LogP contribution in [0, 0.1) is 24.1 Å². The molecule has 8 heteroatoms. The normalized spacial score (nSPS) is 14.9. The number of hydrogen-bond donors (Lipinski definition) is 1. The molecule has 158 valence electrons. The smallest absolute Gasteiger partial charge is 0.407 e. The van der Waals surface area contributed by atoms with Gasteiger partial charge in [-0.15, -0.1) is 0 Å². The van der Waals surface area contributed by atoms with E-state index < -0.39 is 17.5 Å². The van der Waals surface area contributed by atoms with Gasteiger partial charge in [0.05, 0.1) is 11.3 Å². The molecule has 1 saturated heterocycles. The second-order valence-electron chi connectivity index (χ2n) is 8.41. The van der Waals surface area contributed by atoms with Crippen molar-refractivity contribution in [1.29, 1.82) is 5.26 Å². The minimum Gasteiger partial charge on any atom is -0.444 e. The number of benzene rings is 1. The van der Waals surface area contributed by atoms with Crippen LogP contribution in [0.4, 0.5) is 15.1 Å². The van der Waals surface area contributed by atoms with Gasteiger partial charge in [-0.3, -0.25) is 0 Å². The van der Waals surface area contributed by atoms with Crippen LogP contribution in [0.25, 0.3) is 11.3 Å². The molecule has 1 aromatic heterocycles. The Morgan fingerprint density at radius 2 is 1.97 bits per heavy atom. The zero-order valence-electron chi connectivity index (χ0n) is 17.7. The average molecular weight is 411 g/mol. The number of anilines is 1. The van der Waals surface area contributed by atoms with Crippen LogP contribution >= 0.6 is 0 Å². The molecular formula is C22H26FN5O2. The Balaban J connectivity index is 1.69. The summed E-state index contributed by atoms with van der Waals surface area (Å²) in [5.41, 5.74) is 1.45. The maximum Gasteiger partial charge on any atom is 0.407 e. The molecule has 2 heterocycles. The van der Waals surface area contributed by atoms with Gasteiger partial charge in [-0.05, 0) is 58.7 Å². The lowest BCUT2D eigenvalue weighted by Gasteiger charge is -2.33. The number of nitriles is 1. The van der Waals surface area contributed by atoms with E-state index in [9.17, 15) is 9.18 Å². The third-order valence-electron chi connectivity index (χ3n) is 4.73. The molecule has 0 bridgehead atoms. The van der Waals surface area contributed by atoms with Crippen LogP contribution in [-0.2, 0) is 4.74 Å². The summed E-state index contributed by atoms with van der Waals surface area (Å²) in [5.74, 6) is 0.00679. The lowest BCUT2D eigenvalue weighted by Crippen LogP contribution is -2.46. The zero-order valence-corrected chi connectivity index (χ0v) is 17.7. The lowest BCUT2D eigenvalue weighted by atomic mass is 10.1. The highest BCUT2D eigenvalue weighted by Gasteiger charge is 2.25. The van der Waals surface area contributed by atoms with Crippen molar-refractivity contribution in [3.05, 3.63) is 41.3 Å². The van der Waals surface area contributed by atoms with Gasteiger partial charge in [0.15, 0.2) is 0 Å². The molecule has 1 aromatic carbocycles. The van der Waals surface area contributed by atoms with E-state index in [2.05, 4.69) is 20.2 Å². The van der Waals surface area contributed by atoms with Gasteiger partial charge in [0.2, 0.25) is 5.95 Å². The number of alkyl carbamates (subject to hydrolysis) is 1. The minimum atomic E-state index is -0.568. The van der Waals surface area contributed by atoms with Crippen molar-refractivity contribution in [2.75, 3.05) is 18.0 Å². The van der Waals surface area contributed by atoms with Crippen molar-refractivity contribution in [2.45, 2.75) is 52.2 Å². The van der Waals surface area contributed by atoms with Gasteiger partial charge in [0, 0.05) is 30.4 Å². The number of ether oxygens (including phenoxy) is 1. The number of amides is 1. The summed E-state index contributed by atoms with van der Waals surface area (Å²) in [6.45, 7) is 8.74. The van der Waals surface area contributed by atoms with Crippen molar-refractivity contribution in [3.63, 3.8) is 0 Å². The highest BCUT2D eigenvalue weighted by molar-refractivity contribution is 5.68. The fourth-order valence-electron chi connectivity index (χ4n) is 3.31. The zero-order chi connectivity index (χ0) is 21.9. The Bertz CT molecular complexity index is 972. The lowest BCUT2D eigenvalue weighted by molar-refractivity contribution is 0.0497. The number of carbonyl (C=O) groups is 1. The van der Waals surface area contributed by atoms with E-state index >= 15 is 0 Å². The number of piperidine rings is 1. The summed E-state index contributed by atoms with van der Waals surface area (Å²) in [6.07, 6.45) is 1.09. The summed E-state index contributed by atoms with van der Waals surface area (Å²) in [6, 6.07) is 8.11. The highest BCUT2D eigenvalue weighted by atomic mass is 19.1. The molecule has 0 atom stereocenters. The van der Waals surface area contributed by atoms with E-state index in [0.29, 0.717) is 30.3 Å². The Labute approximate surface area is 175 Å². The van der Waals surface area contributed by atoms with Crippen LogP contribution in [0.1, 0.15) is 44.9 Å². The van der Waals surface area contributed by atoms with Crippen molar-refractivity contribution >= 4 is 12.0 Å². The molecule has 2 aromatic rings. The van der Waals surface area contributed by atoms with Gasteiger partial charge >= 0.3 is 6.09 Å². The second kappa shape index (κ2) is 8.66. The molecule has 0 unspecified atom stereocenters. The van der Waals surface area contributed by atoms with Crippen LogP contribution in [0.2, 0.25) is 0 Å². The predicted molar refractivity (Wildman–Crippen MR) is 111 cm³/mol. The molecule has 1 N–H and O–H groups in total. The Morgan fingerprint density at radius 3 is 2.57 bits per heavy atom. The number of rotatable bonds is 3. The third-order valence-corrected chi connectivity index (χ3v) is 4.73. The topological polar surface area (TPSA) is 91.1 Å². The quantitative estimate of drug-likeness (QED) is 0.822. The summed E-state index contributed by atoms with van der Waals surface area (Å²) in [7, 11) is 0. The van der Waals surface area contributed by atoms with Crippen LogP contribution in [0.3, 0.4) is 0 Å². The highest BCUT2D eigenvalue weighted by Crippen LogP contribution is 2.24. The summed E-state index contributed by atoms with van der Waals surface area (Å²) < 4.78 is 19.3. The fourth-order valence-corrected chi connectivity index (χ4v) is 3.31. The van der Waals surface area contributed by atoms with Gasteiger partial charge in [0.25, 0.3) is 0 Å². The summed E-state index contributed by atoms with van der Waals surface area (Å²) >= 11 is 0. The number of hydrogen-bond acceptors (Lipinski definition) is 6. The molecule has 30 heavy (non-hydrogen) atoms. The standard InChI is InChI=1S/C22H26FN5O2/c1-14-11-19(15-5-6-16(13-24)18(23)12-15)27-20(25-14)28-9-7-17(8-10-28)26-21(29)30-22(2,3)4/h5-6,11-12,17H,7-10H2,1-4H3,(H,26,29). The Kier molecular flexibility index (Phi) is 6.20. The van der Waals surface area contributed by atoms with Gasteiger partial charge in [-0.1, -0.05) is 6.07 Å². The minimum absolute atomic E-state index is 0.00399. The van der Waals surface area contributed by atoms with Crippen LogP contribution in [0.5, 0.6) is 0 Å². The number of halogens is 1. The first kappa shape index (κ1) is 21.5. The van der Waals surface area contributed by atoms with E-state index in [1.807, 2.05) is 33.8 Å². The maximum absolute atomic E-state index is 14.0.